The Kier molecular flexibility index (Phi) is 8.70. The second-order valence-electron chi connectivity index (χ2n) is 9.06. The van der Waals surface area contributed by atoms with Gasteiger partial charge < -0.3 is 14.6 Å². The highest BCUT2D eigenvalue weighted by Gasteiger charge is 2.11. The number of benzene rings is 2. The van der Waals surface area contributed by atoms with Crippen LogP contribution in [0.2, 0.25) is 0 Å². The van der Waals surface area contributed by atoms with E-state index in [2.05, 4.69) is 73.6 Å². The highest BCUT2D eigenvalue weighted by Crippen LogP contribution is 2.27. The van der Waals surface area contributed by atoms with Gasteiger partial charge in [-0.1, -0.05) is 44.7 Å². The van der Waals surface area contributed by atoms with Gasteiger partial charge in [-0.2, -0.15) is 0 Å². The van der Waals surface area contributed by atoms with Crippen molar-refractivity contribution in [3.05, 3.63) is 71.6 Å². The highest BCUT2D eigenvalue weighted by atomic mass is 16.5. The summed E-state index contributed by atoms with van der Waals surface area (Å²) in [7, 11) is 0. The van der Waals surface area contributed by atoms with Crippen LogP contribution in [0.25, 0.3) is 11.0 Å². The van der Waals surface area contributed by atoms with Gasteiger partial charge in [-0.25, -0.2) is 4.98 Å². The zero-order valence-corrected chi connectivity index (χ0v) is 20.5. The van der Waals surface area contributed by atoms with Gasteiger partial charge in [0.1, 0.15) is 11.6 Å². The summed E-state index contributed by atoms with van der Waals surface area (Å²) in [6.07, 6.45) is 3.66. The Morgan fingerprint density at radius 2 is 1.94 bits per heavy atom. The number of imidazole rings is 1. The van der Waals surface area contributed by atoms with Crippen molar-refractivity contribution in [2.75, 3.05) is 13.2 Å². The van der Waals surface area contributed by atoms with E-state index in [0.29, 0.717) is 24.6 Å². The molecule has 0 atom stereocenters. The lowest BCUT2D eigenvalue weighted by molar-refractivity contribution is -0.117. The smallest absolute Gasteiger partial charge is 0.246 e. The SMILES string of the molecule is C=C(C)C(=O)NCCCc1nc2ccccc2n1CCCCOc1cc(C)ccc1C(C)C. The van der Waals surface area contributed by atoms with E-state index in [0.717, 1.165) is 49.3 Å². The molecule has 0 unspecified atom stereocenters. The fourth-order valence-electron chi connectivity index (χ4n) is 3.96. The van der Waals surface area contributed by atoms with Gasteiger partial charge >= 0.3 is 0 Å². The number of amides is 1. The van der Waals surface area contributed by atoms with Gasteiger partial charge in [0.25, 0.3) is 0 Å². The lowest BCUT2D eigenvalue weighted by Crippen LogP contribution is -2.25. The molecule has 0 spiro atoms. The van der Waals surface area contributed by atoms with Crippen molar-refractivity contribution in [1.82, 2.24) is 14.9 Å². The van der Waals surface area contributed by atoms with E-state index in [1.165, 1.54) is 16.6 Å². The molecular weight excluding hydrogens is 410 g/mol. The van der Waals surface area contributed by atoms with E-state index in [1.807, 2.05) is 6.07 Å². The molecule has 1 heterocycles. The molecule has 0 fully saturated rings. The largest absolute Gasteiger partial charge is 0.493 e. The first-order chi connectivity index (χ1) is 15.9. The van der Waals surface area contributed by atoms with E-state index < -0.39 is 0 Å². The molecule has 0 aliphatic heterocycles. The van der Waals surface area contributed by atoms with E-state index >= 15 is 0 Å². The molecule has 0 saturated heterocycles. The third-order valence-electron chi connectivity index (χ3n) is 5.81. The first kappa shape index (κ1) is 24.6. The number of carbonyl (C=O) groups excluding carboxylic acids is 1. The van der Waals surface area contributed by atoms with Crippen LogP contribution in [-0.2, 0) is 17.8 Å². The van der Waals surface area contributed by atoms with E-state index in [1.54, 1.807) is 6.92 Å². The number of nitrogens with one attached hydrogen (secondary N) is 1. The maximum absolute atomic E-state index is 11.7. The molecule has 1 amide bonds. The Morgan fingerprint density at radius 3 is 2.70 bits per heavy atom. The molecule has 2 aromatic carbocycles. The number of hydrogen-bond acceptors (Lipinski definition) is 3. The van der Waals surface area contributed by atoms with Gasteiger partial charge in [0.05, 0.1) is 17.6 Å². The first-order valence-corrected chi connectivity index (χ1v) is 12.0. The van der Waals surface area contributed by atoms with Crippen LogP contribution in [0, 0.1) is 6.92 Å². The summed E-state index contributed by atoms with van der Waals surface area (Å²) in [5.74, 6) is 2.44. The van der Waals surface area contributed by atoms with Gasteiger partial charge in [-0.3, -0.25) is 4.79 Å². The lowest BCUT2D eigenvalue weighted by atomic mass is 10.0. The van der Waals surface area contributed by atoms with Crippen molar-refractivity contribution in [2.45, 2.75) is 65.8 Å². The molecule has 5 nitrogen and oxygen atoms in total. The van der Waals surface area contributed by atoms with Crippen LogP contribution in [0.1, 0.15) is 62.9 Å². The maximum Gasteiger partial charge on any atom is 0.246 e. The van der Waals surface area contributed by atoms with Crippen LogP contribution in [0.5, 0.6) is 5.75 Å². The third kappa shape index (κ3) is 6.70. The quantitative estimate of drug-likeness (QED) is 0.276. The molecule has 33 heavy (non-hydrogen) atoms. The normalized spacial score (nSPS) is 11.2. The molecule has 0 aliphatic carbocycles. The number of ether oxygens (including phenoxy) is 1. The molecule has 1 N–H and O–H groups in total. The summed E-state index contributed by atoms with van der Waals surface area (Å²) in [4.78, 5) is 16.6. The van der Waals surface area contributed by atoms with Crippen molar-refractivity contribution < 1.29 is 9.53 Å². The zero-order valence-electron chi connectivity index (χ0n) is 20.5. The first-order valence-electron chi connectivity index (χ1n) is 12.0. The standard InChI is InChI=1S/C28H37N3O2/c1-20(2)23-15-14-22(5)19-26(23)33-18-9-8-17-31-25-12-7-6-11-24(25)30-27(31)13-10-16-29-28(32)21(3)4/h6-7,11-12,14-15,19-20H,3,8-10,13,16-18H2,1-2,4-5H3,(H,29,32). The van der Waals surface area contributed by atoms with Crippen LogP contribution in [0.3, 0.4) is 0 Å². The number of para-hydroxylation sites is 2. The molecule has 3 aromatic rings. The molecule has 1 aromatic heterocycles. The number of nitrogens with zero attached hydrogens (tertiary/aromatic N) is 2. The predicted octanol–water partition coefficient (Wildman–Crippen LogP) is 5.95. The Labute approximate surface area is 197 Å². The van der Waals surface area contributed by atoms with Crippen molar-refractivity contribution >= 4 is 16.9 Å². The van der Waals surface area contributed by atoms with E-state index in [4.69, 9.17) is 9.72 Å². The number of aromatic nitrogens is 2. The number of fused-ring (bicyclic) bond motifs is 1. The number of aryl methyl sites for hydroxylation is 3. The Morgan fingerprint density at radius 1 is 1.15 bits per heavy atom. The Hall–Kier alpha value is -3.08. The third-order valence-corrected chi connectivity index (χ3v) is 5.81. The summed E-state index contributed by atoms with van der Waals surface area (Å²) < 4.78 is 8.49. The van der Waals surface area contributed by atoms with Gasteiger partial charge in [0.15, 0.2) is 0 Å². The summed E-state index contributed by atoms with van der Waals surface area (Å²) in [6, 6.07) is 14.8. The Bertz CT molecular complexity index is 1100. The lowest BCUT2D eigenvalue weighted by Gasteiger charge is -2.15. The minimum absolute atomic E-state index is 0.0854. The fraction of sp³-hybridized carbons (Fsp3) is 0.429. The molecule has 5 heteroatoms. The van der Waals surface area contributed by atoms with Crippen LogP contribution >= 0.6 is 0 Å². The molecule has 3 rings (SSSR count). The van der Waals surface area contributed by atoms with Crippen LogP contribution in [-0.4, -0.2) is 28.6 Å². The minimum atomic E-state index is -0.0854. The predicted molar refractivity (Wildman–Crippen MR) is 136 cm³/mol. The van der Waals surface area contributed by atoms with Gasteiger partial charge in [-0.05, 0) is 68.4 Å². The topological polar surface area (TPSA) is 56.2 Å². The average molecular weight is 448 g/mol. The number of rotatable bonds is 12. The average Bonchev–Trinajstić information content (AvgIpc) is 3.13. The highest BCUT2D eigenvalue weighted by molar-refractivity contribution is 5.92. The maximum atomic E-state index is 11.7. The van der Waals surface area contributed by atoms with Crippen molar-refractivity contribution in [2.24, 2.45) is 0 Å². The van der Waals surface area contributed by atoms with Gasteiger partial charge in [0, 0.05) is 25.1 Å². The minimum Gasteiger partial charge on any atom is -0.493 e. The molecular formula is C28H37N3O2. The van der Waals surface area contributed by atoms with Crippen molar-refractivity contribution in [3.8, 4) is 5.75 Å². The Balaban J connectivity index is 1.56. The fourth-order valence-corrected chi connectivity index (χ4v) is 3.96. The summed E-state index contributed by atoms with van der Waals surface area (Å²) in [6.45, 7) is 14.1. The molecule has 0 saturated carbocycles. The number of unbranched alkanes of at least 4 members (excludes halogenated alkanes) is 1. The number of carbonyl (C=O) groups is 1. The van der Waals surface area contributed by atoms with Gasteiger partial charge in [0.2, 0.25) is 5.91 Å². The molecule has 176 valence electrons. The summed E-state index contributed by atoms with van der Waals surface area (Å²) >= 11 is 0. The molecule has 0 bridgehead atoms. The molecule has 0 aliphatic rings. The van der Waals surface area contributed by atoms with Crippen LogP contribution in [0.15, 0.2) is 54.6 Å². The van der Waals surface area contributed by atoms with Crippen LogP contribution < -0.4 is 10.1 Å². The number of hydrogen-bond donors (Lipinski definition) is 1. The van der Waals surface area contributed by atoms with Crippen LogP contribution in [0.4, 0.5) is 0 Å². The van der Waals surface area contributed by atoms with E-state index in [-0.39, 0.29) is 5.91 Å². The monoisotopic (exact) mass is 447 g/mol. The second kappa shape index (κ2) is 11.7. The van der Waals surface area contributed by atoms with Crippen molar-refractivity contribution in [3.63, 3.8) is 0 Å². The summed E-state index contributed by atoms with van der Waals surface area (Å²) in [5.41, 5.74) is 5.22. The second-order valence-corrected chi connectivity index (χ2v) is 9.06. The summed E-state index contributed by atoms with van der Waals surface area (Å²) in [5, 5.41) is 2.91. The molecule has 0 radical (unpaired) electrons. The van der Waals surface area contributed by atoms with Gasteiger partial charge in [-0.15, -0.1) is 0 Å². The van der Waals surface area contributed by atoms with Crippen molar-refractivity contribution in [1.29, 1.82) is 0 Å². The van der Waals surface area contributed by atoms with E-state index in [9.17, 15) is 4.79 Å². The zero-order chi connectivity index (χ0) is 23.8.